The van der Waals surface area contributed by atoms with Crippen LogP contribution in [0, 0.1) is 5.92 Å². The molecule has 2 heterocycles. The number of nitrogens with one attached hydrogen (secondary N) is 1. The van der Waals surface area contributed by atoms with Crippen LogP contribution in [0.5, 0.6) is 0 Å². The maximum absolute atomic E-state index is 13.2. The molecule has 1 saturated carbocycles. The number of carbonyl (C=O) groups is 2. The van der Waals surface area contributed by atoms with Crippen molar-refractivity contribution < 1.29 is 14.3 Å². The molecular formula is C29H34N4O3. The molecule has 1 saturated heterocycles. The molecule has 0 spiro atoms. The fourth-order valence-corrected chi connectivity index (χ4v) is 4.63. The van der Waals surface area contributed by atoms with Crippen LogP contribution in [-0.4, -0.2) is 52.1 Å². The van der Waals surface area contributed by atoms with Gasteiger partial charge < -0.3 is 9.64 Å². The van der Waals surface area contributed by atoms with Gasteiger partial charge in [-0.2, -0.15) is 0 Å². The predicted molar refractivity (Wildman–Crippen MR) is 140 cm³/mol. The van der Waals surface area contributed by atoms with Crippen molar-refractivity contribution in [2.75, 3.05) is 25.0 Å². The molecule has 188 valence electrons. The van der Waals surface area contributed by atoms with Gasteiger partial charge in [0.15, 0.2) is 0 Å². The minimum Gasteiger partial charge on any atom is -0.376 e. The van der Waals surface area contributed by atoms with E-state index in [-0.39, 0.29) is 30.4 Å². The molecule has 36 heavy (non-hydrogen) atoms. The average molecular weight is 487 g/mol. The number of benzene rings is 2. The molecule has 1 aliphatic heterocycles. The zero-order chi connectivity index (χ0) is 25.1. The number of aromatic nitrogens is 2. The zero-order valence-electron chi connectivity index (χ0n) is 21.0. The number of rotatable bonds is 9. The van der Waals surface area contributed by atoms with E-state index in [1.165, 1.54) is 5.56 Å². The Kier molecular flexibility index (Phi) is 7.18. The van der Waals surface area contributed by atoms with Gasteiger partial charge in [-0.25, -0.2) is 4.98 Å². The maximum Gasteiger partial charge on any atom is 0.246 e. The van der Waals surface area contributed by atoms with Crippen LogP contribution >= 0.6 is 0 Å². The summed E-state index contributed by atoms with van der Waals surface area (Å²) in [6.07, 6.45) is 5.67. The van der Waals surface area contributed by atoms with Crippen molar-refractivity contribution in [1.82, 2.24) is 14.5 Å². The maximum atomic E-state index is 13.2. The van der Waals surface area contributed by atoms with Crippen LogP contribution in [0.25, 0.3) is 16.9 Å². The molecule has 7 nitrogen and oxygen atoms in total. The van der Waals surface area contributed by atoms with E-state index >= 15 is 0 Å². The third-order valence-corrected chi connectivity index (χ3v) is 6.89. The van der Waals surface area contributed by atoms with Gasteiger partial charge >= 0.3 is 0 Å². The molecule has 2 aliphatic rings. The monoisotopic (exact) mass is 486 g/mol. The highest BCUT2D eigenvalue weighted by Gasteiger charge is 2.35. The van der Waals surface area contributed by atoms with Crippen LogP contribution in [0.2, 0.25) is 0 Å². The SMILES string of the molecule is CC(C)c1ccc(-n2cc(-c3ccccc3)nc2NC(=O)CN(CC2CCCO2)C(=O)C2CC2)cc1. The smallest absolute Gasteiger partial charge is 0.246 e. The van der Waals surface area contributed by atoms with Crippen molar-refractivity contribution >= 4 is 17.8 Å². The number of carbonyl (C=O) groups excluding carboxylic acids is 2. The van der Waals surface area contributed by atoms with E-state index in [0.717, 1.165) is 49.2 Å². The second kappa shape index (κ2) is 10.7. The summed E-state index contributed by atoms with van der Waals surface area (Å²) in [5, 5.41) is 2.98. The van der Waals surface area contributed by atoms with Crippen LogP contribution in [0.15, 0.2) is 60.8 Å². The summed E-state index contributed by atoms with van der Waals surface area (Å²) in [4.78, 5) is 32.6. The summed E-state index contributed by atoms with van der Waals surface area (Å²) in [6.45, 7) is 5.50. The topological polar surface area (TPSA) is 76.5 Å². The standard InChI is InChI=1S/C29H34N4O3/c1-20(2)21-12-14-24(15-13-21)33-18-26(22-7-4-3-5-8-22)30-29(33)31-27(34)19-32(28(35)23-10-11-23)17-25-9-6-16-36-25/h3-5,7-8,12-15,18,20,23,25H,6,9-11,16-17,19H2,1-2H3,(H,30,31,34). The molecule has 1 aromatic heterocycles. The summed E-state index contributed by atoms with van der Waals surface area (Å²) in [5.41, 5.74) is 3.89. The van der Waals surface area contributed by atoms with Crippen molar-refractivity contribution in [2.24, 2.45) is 5.92 Å². The second-order valence-electron chi connectivity index (χ2n) is 10.1. The van der Waals surface area contributed by atoms with Crippen molar-refractivity contribution in [3.8, 4) is 16.9 Å². The summed E-state index contributed by atoms with van der Waals surface area (Å²) in [5.74, 6) is 0.711. The normalized spacial score (nSPS) is 17.4. The molecule has 1 unspecified atom stereocenters. The lowest BCUT2D eigenvalue weighted by Gasteiger charge is -2.25. The van der Waals surface area contributed by atoms with Gasteiger partial charge in [-0.3, -0.25) is 19.5 Å². The van der Waals surface area contributed by atoms with Crippen LogP contribution < -0.4 is 5.32 Å². The van der Waals surface area contributed by atoms with Crippen LogP contribution in [-0.2, 0) is 14.3 Å². The summed E-state index contributed by atoms with van der Waals surface area (Å²) >= 11 is 0. The third-order valence-electron chi connectivity index (χ3n) is 6.89. The highest BCUT2D eigenvalue weighted by atomic mass is 16.5. The second-order valence-corrected chi connectivity index (χ2v) is 10.1. The molecule has 1 aliphatic carbocycles. The Bertz CT molecular complexity index is 1190. The zero-order valence-corrected chi connectivity index (χ0v) is 21.0. The molecule has 1 N–H and O–H groups in total. The van der Waals surface area contributed by atoms with E-state index in [9.17, 15) is 9.59 Å². The van der Waals surface area contributed by atoms with Crippen LogP contribution in [0.3, 0.4) is 0 Å². The quantitative estimate of drug-likeness (QED) is 0.461. The largest absolute Gasteiger partial charge is 0.376 e. The number of ether oxygens (including phenoxy) is 1. The van der Waals surface area contributed by atoms with Crippen LogP contribution in [0.4, 0.5) is 5.95 Å². The van der Waals surface area contributed by atoms with E-state index in [1.807, 2.05) is 53.2 Å². The fraction of sp³-hybridized carbons (Fsp3) is 0.414. The average Bonchev–Trinajstić information content (AvgIpc) is 3.46. The molecular weight excluding hydrogens is 452 g/mol. The Morgan fingerprint density at radius 2 is 1.83 bits per heavy atom. The Morgan fingerprint density at radius 1 is 1.08 bits per heavy atom. The minimum absolute atomic E-state index is 0.00495. The minimum atomic E-state index is -0.257. The first kappa shape index (κ1) is 24.3. The lowest BCUT2D eigenvalue weighted by molar-refractivity contribution is -0.137. The Hall–Kier alpha value is -3.45. The highest BCUT2D eigenvalue weighted by Crippen LogP contribution is 2.31. The van der Waals surface area contributed by atoms with Crippen molar-refractivity contribution in [3.63, 3.8) is 0 Å². The number of hydrogen-bond acceptors (Lipinski definition) is 4. The lowest BCUT2D eigenvalue weighted by atomic mass is 10.0. The summed E-state index contributed by atoms with van der Waals surface area (Å²) in [6, 6.07) is 18.2. The van der Waals surface area contributed by atoms with E-state index in [2.05, 4.69) is 31.3 Å². The molecule has 2 amide bonds. The Morgan fingerprint density at radius 3 is 2.47 bits per heavy atom. The molecule has 1 atom stereocenters. The Labute approximate surface area is 212 Å². The van der Waals surface area contributed by atoms with Crippen molar-refractivity contribution in [2.45, 2.75) is 51.6 Å². The number of imidazole rings is 1. The van der Waals surface area contributed by atoms with Gasteiger partial charge in [0.05, 0.1) is 11.8 Å². The number of amides is 2. The van der Waals surface area contributed by atoms with Gasteiger partial charge in [0.2, 0.25) is 17.8 Å². The molecule has 2 fully saturated rings. The first-order valence-corrected chi connectivity index (χ1v) is 12.9. The van der Waals surface area contributed by atoms with Gasteiger partial charge in [0.1, 0.15) is 6.54 Å². The van der Waals surface area contributed by atoms with Gasteiger partial charge in [-0.1, -0.05) is 56.3 Å². The Balaban J connectivity index is 1.39. The van der Waals surface area contributed by atoms with Gasteiger partial charge in [0.25, 0.3) is 0 Å². The summed E-state index contributed by atoms with van der Waals surface area (Å²) < 4.78 is 7.65. The van der Waals surface area contributed by atoms with E-state index in [4.69, 9.17) is 9.72 Å². The van der Waals surface area contributed by atoms with Gasteiger partial charge in [-0.05, 0) is 49.3 Å². The molecule has 5 rings (SSSR count). The predicted octanol–water partition coefficient (Wildman–Crippen LogP) is 5.02. The van der Waals surface area contributed by atoms with E-state index in [1.54, 1.807) is 4.90 Å². The van der Waals surface area contributed by atoms with E-state index in [0.29, 0.717) is 18.4 Å². The number of nitrogens with zero attached hydrogens (tertiary/aromatic N) is 3. The first-order chi connectivity index (χ1) is 17.5. The molecule has 7 heteroatoms. The lowest BCUT2D eigenvalue weighted by Crippen LogP contribution is -2.43. The summed E-state index contributed by atoms with van der Waals surface area (Å²) in [7, 11) is 0. The van der Waals surface area contributed by atoms with Crippen molar-refractivity contribution in [1.29, 1.82) is 0 Å². The highest BCUT2D eigenvalue weighted by molar-refractivity contribution is 5.94. The van der Waals surface area contributed by atoms with Crippen LogP contribution in [0.1, 0.15) is 51.0 Å². The molecule has 0 bridgehead atoms. The fourth-order valence-electron chi connectivity index (χ4n) is 4.63. The first-order valence-electron chi connectivity index (χ1n) is 12.9. The van der Waals surface area contributed by atoms with Crippen molar-refractivity contribution in [3.05, 3.63) is 66.4 Å². The molecule has 3 aromatic rings. The van der Waals surface area contributed by atoms with Gasteiger partial charge in [-0.15, -0.1) is 0 Å². The van der Waals surface area contributed by atoms with E-state index < -0.39 is 0 Å². The molecule has 0 radical (unpaired) electrons. The third kappa shape index (κ3) is 5.68. The van der Waals surface area contributed by atoms with Gasteiger partial charge in [0, 0.05) is 36.5 Å². The molecule has 2 aromatic carbocycles. The number of hydrogen-bond donors (Lipinski definition) is 1. The number of anilines is 1.